The van der Waals surface area contributed by atoms with Gasteiger partial charge < -0.3 is 15.8 Å². The fraction of sp³-hybridized carbons (Fsp3) is 0.611. The molecule has 6 heteroatoms. The first-order chi connectivity index (χ1) is 11.3. The van der Waals surface area contributed by atoms with Crippen LogP contribution in [-0.4, -0.2) is 23.6 Å². The van der Waals surface area contributed by atoms with Gasteiger partial charge in [-0.15, -0.1) is 0 Å². The molecule has 2 unspecified atom stereocenters. The van der Waals surface area contributed by atoms with Crippen molar-refractivity contribution in [3.63, 3.8) is 0 Å². The van der Waals surface area contributed by atoms with E-state index in [9.17, 15) is 13.6 Å². The van der Waals surface area contributed by atoms with Gasteiger partial charge in [-0.3, -0.25) is 4.79 Å². The molecule has 4 aliphatic carbocycles. The predicted molar refractivity (Wildman–Crippen MR) is 84.9 cm³/mol. The van der Waals surface area contributed by atoms with E-state index in [0.717, 1.165) is 32.1 Å². The second kappa shape index (κ2) is 5.41. The lowest BCUT2D eigenvalue weighted by molar-refractivity contribution is -0.0499. The van der Waals surface area contributed by atoms with Crippen molar-refractivity contribution in [3.8, 4) is 5.75 Å². The standard InChI is InChI=1S/C18H22F2N2O2/c19-16(20)24-14-3-1-2-13(5-14)15(23)22-18-8-11-4-12(9-18)7-17(21,6-11)10-18/h1-3,5,11-12,16H,4,6-10,21H2,(H,22,23). The van der Waals surface area contributed by atoms with Gasteiger partial charge in [-0.1, -0.05) is 6.07 Å². The number of amides is 1. The summed E-state index contributed by atoms with van der Waals surface area (Å²) in [4.78, 5) is 12.7. The summed E-state index contributed by atoms with van der Waals surface area (Å²) >= 11 is 0. The van der Waals surface area contributed by atoms with E-state index >= 15 is 0 Å². The molecule has 5 rings (SSSR count). The number of nitrogens with one attached hydrogen (secondary N) is 1. The highest BCUT2D eigenvalue weighted by molar-refractivity contribution is 5.95. The number of carbonyl (C=O) groups is 1. The topological polar surface area (TPSA) is 64.3 Å². The van der Waals surface area contributed by atoms with Crippen molar-refractivity contribution < 1.29 is 18.3 Å². The molecule has 4 aliphatic rings. The Hall–Kier alpha value is -1.69. The van der Waals surface area contributed by atoms with Crippen LogP contribution in [0.15, 0.2) is 24.3 Å². The van der Waals surface area contributed by atoms with E-state index in [-0.39, 0.29) is 22.7 Å². The maximum absolute atomic E-state index is 12.7. The van der Waals surface area contributed by atoms with Gasteiger partial charge in [-0.2, -0.15) is 8.78 Å². The summed E-state index contributed by atoms with van der Waals surface area (Å²) in [7, 11) is 0. The molecule has 0 heterocycles. The van der Waals surface area contributed by atoms with Gasteiger partial charge in [0.2, 0.25) is 0 Å². The number of hydrogen-bond donors (Lipinski definition) is 2. The minimum absolute atomic E-state index is 0.00143. The third-order valence-corrected chi connectivity index (χ3v) is 5.81. The Bertz CT molecular complexity index is 650. The Labute approximate surface area is 139 Å². The van der Waals surface area contributed by atoms with E-state index in [1.165, 1.54) is 18.6 Å². The highest BCUT2D eigenvalue weighted by atomic mass is 19.3. The molecule has 1 amide bonds. The van der Waals surface area contributed by atoms with Crippen LogP contribution in [0.3, 0.4) is 0 Å². The minimum Gasteiger partial charge on any atom is -0.435 e. The summed E-state index contributed by atoms with van der Waals surface area (Å²) in [5.74, 6) is 0.939. The number of alkyl halides is 2. The van der Waals surface area contributed by atoms with Gasteiger partial charge in [0, 0.05) is 16.6 Å². The number of nitrogens with two attached hydrogens (primary N) is 1. The lowest BCUT2D eigenvalue weighted by Gasteiger charge is -2.61. The molecule has 0 aromatic heterocycles. The second-order valence-corrected chi connectivity index (χ2v) is 7.96. The predicted octanol–water partition coefficient (Wildman–Crippen LogP) is 3.07. The highest BCUT2D eigenvalue weighted by Crippen LogP contribution is 2.56. The number of carbonyl (C=O) groups excluding carboxylic acids is 1. The number of ether oxygens (including phenoxy) is 1. The maximum Gasteiger partial charge on any atom is 0.387 e. The van der Waals surface area contributed by atoms with Crippen LogP contribution in [0.5, 0.6) is 5.75 Å². The Kier molecular flexibility index (Phi) is 3.56. The molecule has 0 aliphatic heterocycles. The van der Waals surface area contributed by atoms with Crippen molar-refractivity contribution in [2.75, 3.05) is 0 Å². The molecule has 130 valence electrons. The van der Waals surface area contributed by atoms with E-state index in [4.69, 9.17) is 5.73 Å². The number of rotatable bonds is 4. The molecule has 3 N–H and O–H groups in total. The van der Waals surface area contributed by atoms with Gasteiger partial charge in [0.25, 0.3) is 5.91 Å². The summed E-state index contributed by atoms with van der Waals surface area (Å²) in [6.07, 6.45) is 6.08. The fourth-order valence-corrected chi connectivity index (χ4v) is 5.61. The SMILES string of the molecule is NC12CC3CC(C1)CC(NC(=O)c1cccc(OC(F)F)c1)(C3)C2. The Morgan fingerprint density at radius 1 is 1.25 bits per heavy atom. The quantitative estimate of drug-likeness (QED) is 0.888. The second-order valence-electron chi connectivity index (χ2n) is 7.96. The zero-order valence-corrected chi connectivity index (χ0v) is 13.4. The van der Waals surface area contributed by atoms with Crippen molar-refractivity contribution in [1.29, 1.82) is 0 Å². The van der Waals surface area contributed by atoms with Crippen molar-refractivity contribution in [1.82, 2.24) is 5.32 Å². The van der Waals surface area contributed by atoms with Gasteiger partial charge in [-0.05, 0) is 68.6 Å². The summed E-state index contributed by atoms with van der Waals surface area (Å²) < 4.78 is 29.1. The van der Waals surface area contributed by atoms with Crippen LogP contribution in [0.4, 0.5) is 8.78 Å². The molecule has 4 nitrogen and oxygen atoms in total. The third kappa shape index (κ3) is 2.88. The Morgan fingerprint density at radius 2 is 1.96 bits per heavy atom. The molecular formula is C18H22F2N2O2. The molecule has 24 heavy (non-hydrogen) atoms. The summed E-state index contributed by atoms with van der Waals surface area (Å²) in [6, 6.07) is 5.95. The van der Waals surface area contributed by atoms with Gasteiger partial charge in [0.05, 0.1) is 0 Å². The van der Waals surface area contributed by atoms with Crippen molar-refractivity contribution in [2.45, 2.75) is 56.2 Å². The largest absolute Gasteiger partial charge is 0.435 e. The van der Waals surface area contributed by atoms with E-state index < -0.39 is 6.61 Å². The van der Waals surface area contributed by atoms with Crippen molar-refractivity contribution in [3.05, 3.63) is 29.8 Å². The zero-order chi connectivity index (χ0) is 16.9. The molecule has 2 atom stereocenters. The van der Waals surface area contributed by atoms with E-state index in [2.05, 4.69) is 10.1 Å². The van der Waals surface area contributed by atoms with Crippen LogP contribution in [-0.2, 0) is 0 Å². The maximum atomic E-state index is 12.7. The monoisotopic (exact) mass is 336 g/mol. The number of halogens is 2. The molecule has 0 spiro atoms. The minimum atomic E-state index is -2.90. The van der Waals surface area contributed by atoms with Crippen LogP contribution in [0.1, 0.15) is 48.9 Å². The van der Waals surface area contributed by atoms with E-state index in [1.807, 2.05) is 0 Å². The van der Waals surface area contributed by atoms with Crippen LogP contribution >= 0.6 is 0 Å². The fourth-order valence-electron chi connectivity index (χ4n) is 5.61. The molecule has 0 saturated heterocycles. The van der Waals surface area contributed by atoms with Crippen molar-refractivity contribution in [2.24, 2.45) is 17.6 Å². The van der Waals surface area contributed by atoms with Crippen LogP contribution in [0.25, 0.3) is 0 Å². The summed E-state index contributed by atoms with van der Waals surface area (Å²) in [5, 5.41) is 3.18. The molecule has 1 aromatic carbocycles. The Balaban J connectivity index is 1.52. The average molecular weight is 336 g/mol. The summed E-state index contributed by atoms with van der Waals surface area (Å²) in [5.41, 5.74) is 6.49. The average Bonchev–Trinajstić information content (AvgIpc) is 2.43. The Morgan fingerprint density at radius 3 is 2.58 bits per heavy atom. The highest BCUT2D eigenvalue weighted by Gasteiger charge is 2.56. The molecule has 4 saturated carbocycles. The first kappa shape index (κ1) is 15.8. The van der Waals surface area contributed by atoms with E-state index in [1.54, 1.807) is 12.1 Å². The van der Waals surface area contributed by atoms with Crippen molar-refractivity contribution >= 4 is 5.91 Å². The van der Waals surface area contributed by atoms with Crippen LogP contribution < -0.4 is 15.8 Å². The number of benzene rings is 1. The molecule has 0 radical (unpaired) electrons. The van der Waals surface area contributed by atoms with Gasteiger partial charge in [0.1, 0.15) is 5.75 Å². The zero-order valence-electron chi connectivity index (χ0n) is 13.4. The first-order valence-corrected chi connectivity index (χ1v) is 8.51. The lowest BCUT2D eigenvalue weighted by atomic mass is 9.50. The summed E-state index contributed by atoms with van der Waals surface area (Å²) in [6.45, 7) is -2.90. The van der Waals surface area contributed by atoms with E-state index in [0.29, 0.717) is 17.4 Å². The lowest BCUT2D eigenvalue weighted by Crippen LogP contribution is -2.68. The van der Waals surface area contributed by atoms with Crippen LogP contribution in [0.2, 0.25) is 0 Å². The smallest absolute Gasteiger partial charge is 0.387 e. The molecular weight excluding hydrogens is 314 g/mol. The molecule has 4 fully saturated rings. The van der Waals surface area contributed by atoms with Gasteiger partial charge in [-0.25, -0.2) is 0 Å². The van der Waals surface area contributed by atoms with Crippen LogP contribution in [0, 0.1) is 11.8 Å². The first-order valence-electron chi connectivity index (χ1n) is 8.51. The third-order valence-electron chi connectivity index (χ3n) is 5.81. The van der Waals surface area contributed by atoms with Gasteiger partial charge in [0.15, 0.2) is 0 Å². The molecule has 4 bridgehead atoms. The number of hydrogen-bond acceptors (Lipinski definition) is 3. The van der Waals surface area contributed by atoms with Gasteiger partial charge >= 0.3 is 6.61 Å². The normalized spacial score (nSPS) is 36.8. The molecule has 1 aromatic rings.